The number of rotatable bonds is 5. The van der Waals surface area contributed by atoms with Gasteiger partial charge >= 0.3 is 0 Å². The molecule has 84 valence electrons. The zero-order valence-electron chi connectivity index (χ0n) is 8.22. The SMILES string of the molecule is Nc1ccc(NC(CO)(CO)CO)cn1. The maximum Gasteiger partial charge on any atom is 0.123 e. The smallest absolute Gasteiger partial charge is 0.123 e. The first-order valence-electron chi connectivity index (χ1n) is 4.48. The van der Waals surface area contributed by atoms with E-state index in [0.29, 0.717) is 11.5 Å². The number of anilines is 2. The summed E-state index contributed by atoms with van der Waals surface area (Å²) in [5.41, 5.74) is 4.83. The molecule has 1 aromatic heterocycles. The number of nitrogen functional groups attached to an aromatic ring is 1. The number of nitrogens with one attached hydrogen (secondary N) is 1. The van der Waals surface area contributed by atoms with Crippen LogP contribution in [0.5, 0.6) is 0 Å². The Balaban J connectivity index is 2.78. The maximum absolute atomic E-state index is 9.06. The lowest BCUT2D eigenvalue weighted by atomic mass is 10.0. The summed E-state index contributed by atoms with van der Waals surface area (Å²) in [6, 6.07) is 3.23. The molecule has 1 heterocycles. The number of aliphatic hydroxyl groups is 3. The van der Waals surface area contributed by atoms with Gasteiger partial charge in [0, 0.05) is 0 Å². The normalized spacial score (nSPS) is 11.4. The minimum absolute atomic E-state index is 0.378. The number of aliphatic hydroxyl groups excluding tert-OH is 3. The third-order valence-corrected chi connectivity index (χ3v) is 2.10. The second-order valence-electron chi connectivity index (χ2n) is 3.35. The van der Waals surface area contributed by atoms with E-state index in [1.54, 1.807) is 12.1 Å². The van der Waals surface area contributed by atoms with Crippen LogP contribution in [-0.4, -0.2) is 45.7 Å². The Morgan fingerprint density at radius 3 is 2.20 bits per heavy atom. The molecule has 0 spiro atoms. The Hall–Kier alpha value is -1.37. The van der Waals surface area contributed by atoms with Gasteiger partial charge in [0.15, 0.2) is 0 Å². The van der Waals surface area contributed by atoms with E-state index < -0.39 is 5.54 Å². The van der Waals surface area contributed by atoms with Gasteiger partial charge in [-0.3, -0.25) is 0 Å². The first-order valence-corrected chi connectivity index (χ1v) is 4.48. The highest BCUT2D eigenvalue weighted by molar-refractivity contribution is 5.47. The van der Waals surface area contributed by atoms with Gasteiger partial charge in [-0.15, -0.1) is 0 Å². The van der Waals surface area contributed by atoms with Crippen LogP contribution in [0.15, 0.2) is 18.3 Å². The molecule has 15 heavy (non-hydrogen) atoms. The first-order chi connectivity index (χ1) is 7.15. The summed E-state index contributed by atoms with van der Waals surface area (Å²) in [6.45, 7) is -1.15. The molecule has 6 nitrogen and oxygen atoms in total. The van der Waals surface area contributed by atoms with E-state index in [9.17, 15) is 0 Å². The molecule has 6 N–H and O–H groups in total. The summed E-state index contributed by atoms with van der Waals surface area (Å²) in [5, 5.41) is 30.0. The van der Waals surface area contributed by atoms with Gasteiger partial charge in [0.05, 0.1) is 31.7 Å². The highest BCUT2D eigenvalue weighted by atomic mass is 16.3. The fourth-order valence-electron chi connectivity index (χ4n) is 1.05. The van der Waals surface area contributed by atoms with Gasteiger partial charge in [-0.05, 0) is 12.1 Å². The molecule has 0 unspecified atom stereocenters. The second-order valence-corrected chi connectivity index (χ2v) is 3.35. The fraction of sp³-hybridized carbons (Fsp3) is 0.444. The fourth-order valence-corrected chi connectivity index (χ4v) is 1.05. The van der Waals surface area contributed by atoms with Gasteiger partial charge in [-0.1, -0.05) is 0 Å². The van der Waals surface area contributed by atoms with Crippen LogP contribution in [0, 0.1) is 0 Å². The number of nitrogens with zero attached hydrogens (tertiary/aromatic N) is 1. The van der Waals surface area contributed by atoms with Crippen LogP contribution in [0.3, 0.4) is 0 Å². The lowest BCUT2D eigenvalue weighted by Crippen LogP contribution is -2.49. The third kappa shape index (κ3) is 2.79. The van der Waals surface area contributed by atoms with Gasteiger partial charge in [0.2, 0.25) is 0 Å². The second kappa shape index (κ2) is 4.92. The number of hydrogen-bond donors (Lipinski definition) is 5. The van der Waals surface area contributed by atoms with Gasteiger partial charge < -0.3 is 26.4 Å². The van der Waals surface area contributed by atoms with Gasteiger partial charge in [0.1, 0.15) is 11.4 Å². The quantitative estimate of drug-likeness (QED) is 0.419. The van der Waals surface area contributed by atoms with Gasteiger partial charge in [0.25, 0.3) is 0 Å². The Bertz CT molecular complexity index is 290. The van der Waals surface area contributed by atoms with Gasteiger partial charge in [-0.25, -0.2) is 4.98 Å². The predicted molar refractivity (Wildman–Crippen MR) is 56.3 cm³/mol. The van der Waals surface area contributed by atoms with Crippen LogP contribution < -0.4 is 11.1 Å². The number of aromatic nitrogens is 1. The lowest BCUT2D eigenvalue weighted by Gasteiger charge is -2.29. The summed E-state index contributed by atoms with van der Waals surface area (Å²) >= 11 is 0. The average Bonchev–Trinajstić information content (AvgIpc) is 2.29. The molecular weight excluding hydrogens is 198 g/mol. The summed E-state index contributed by atoms with van der Waals surface area (Å²) in [4.78, 5) is 3.84. The van der Waals surface area contributed by atoms with Crippen molar-refractivity contribution < 1.29 is 15.3 Å². The van der Waals surface area contributed by atoms with Crippen LogP contribution >= 0.6 is 0 Å². The number of nitrogens with two attached hydrogens (primary N) is 1. The lowest BCUT2D eigenvalue weighted by molar-refractivity contribution is 0.0833. The summed E-state index contributed by atoms with van der Waals surface area (Å²) in [5.74, 6) is 0.378. The van der Waals surface area contributed by atoms with E-state index in [1.165, 1.54) is 6.20 Å². The molecule has 0 saturated heterocycles. The molecule has 0 atom stereocenters. The molecule has 0 aliphatic rings. The van der Waals surface area contributed by atoms with E-state index in [4.69, 9.17) is 21.1 Å². The van der Waals surface area contributed by atoms with Crippen LogP contribution in [0.4, 0.5) is 11.5 Å². The van der Waals surface area contributed by atoms with E-state index >= 15 is 0 Å². The monoisotopic (exact) mass is 213 g/mol. The van der Waals surface area contributed by atoms with Crippen molar-refractivity contribution in [3.63, 3.8) is 0 Å². The number of hydrogen-bond acceptors (Lipinski definition) is 6. The molecule has 0 aliphatic carbocycles. The molecule has 1 aromatic rings. The highest BCUT2D eigenvalue weighted by Crippen LogP contribution is 2.14. The highest BCUT2D eigenvalue weighted by Gasteiger charge is 2.27. The van der Waals surface area contributed by atoms with Crippen LogP contribution in [0.2, 0.25) is 0 Å². The van der Waals surface area contributed by atoms with Crippen molar-refractivity contribution in [2.75, 3.05) is 30.9 Å². The van der Waals surface area contributed by atoms with Crippen LogP contribution in [0.1, 0.15) is 0 Å². The van der Waals surface area contributed by atoms with Crippen molar-refractivity contribution >= 4 is 11.5 Å². The first kappa shape index (κ1) is 11.7. The largest absolute Gasteiger partial charge is 0.394 e. The van der Waals surface area contributed by atoms with E-state index in [2.05, 4.69) is 10.3 Å². The van der Waals surface area contributed by atoms with E-state index in [1.807, 2.05) is 0 Å². The molecule has 1 rings (SSSR count). The van der Waals surface area contributed by atoms with Crippen molar-refractivity contribution in [2.24, 2.45) is 0 Å². The zero-order valence-corrected chi connectivity index (χ0v) is 8.22. The summed E-state index contributed by atoms with van der Waals surface area (Å²) < 4.78 is 0. The molecule has 0 amide bonds. The average molecular weight is 213 g/mol. The van der Waals surface area contributed by atoms with Crippen molar-refractivity contribution in [3.05, 3.63) is 18.3 Å². The standard InChI is InChI=1S/C9H15N3O3/c10-8-2-1-7(3-11-8)12-9(4-13,5-14)6-15/h1-3,12-15H,4-6H2,(H2,10,11). The van der Waals surface area contributed by atoms with E-state index in [0.717, 1.165) is 0 Å². The maximum atomic E-state index is 9.06. The summed E-state index contributed by atoms with van der Waals surface area (Å²) in [7, 11) is 0. The summed E-state index contributed by atoms with van der Waals surface area (Å²) in [6.07, 6.45) is 1.46. The van der Waals surface area contributed by atoms with Crippen LogP contribution in [-0.2, 0) is 0 Å². The Labute approximate surface area is 87.4 Å². The topological polar surface area (TPSA) is 112 Å². The van der Waals surface area contributed by atoms with E-state index in [-0.39, 0.29) is 19.8 Å². The Morgan fingerprint density at radius 1 is 1.20 bits per heavy atom. The molecular formula is C9H15N3O3. The zero-order chi connectivity index (χ0) is 11.3. The van der Waals surface area contributed by atoms with Crippen molar-refractivity contribution in [1.29, 1.82) is 0 Å². The molecule has 6 heteroatoms. The molecule has 0 radical (unpaired) electrons. The van der Waals surface area contributed by atoms with Crippen molar-refractivity contribution in [3.8, 4) is 0 Å². The molecule has 0 bridgehead atoms. The van der Waals surface area contributed by atoms with Crippen LogP contribution in [0.25, 0.3) is 0 Å². The molecule has 0 fully saturated rings. The van der Waals surface area contributed by atoms with Crippen molar-refractivity contribution in [1.82, 2.24) is 4.98 Å². The number of pyridine rings is 1. The van der Waals surface area contributed by atoms with Gasteiger partial charge in [-0.2, -0.15) is 0 Å². The molecule has 0 saturated carbocycles. The Kier molecular flexibility index (Phi) is 3.84. The molecule has 0 aromatic carbocycles. The van der Waals surface area contributed by atoms with Crippen molar-refractivity contribution in [2.45, 2.75) is 5.54 Å². The third-order valence-electron chi connectivity index (χ3n) is 2.10. The Morgan fingerprint density at radius 2 is 1.80 bits per heavy atom. The minimum Gasteiger partial charge on any atom is -0.394 e. The minimum atomic E-state index is -1.14. The predicted octanol–water partition coefficient (Wildman–Crippen LogP) is -1.21. The molecule has 0 aliphatic heterocycles.